The number of amides is 2. The van der Waals surface area contributed by atoms with Crippen LogP contribution in [-0.4, -0.2) is 46.8 Å². The molecular formula is C28H33ClN4O4. The van der Waals surface area contributed by atoms with Gasteiger partial charge in [-0.05, 0) is 50.5 Å². The van der Waals surface area contributed by atoms with Gasteiger partial charge in [0.25, 0.3) is 5.91 Å². The number of hydrogen-bond acceptors (Lipinski definition) is 5. The first kappa shape index (κ1) is 27.9. The fourth-order valence-electron chi connectivity index (χ4n) is 3.91. The number of Topliss-reactive ketones (excluding diaryl/α,β-unsaturated/α-hetero) is 1. The van der Waals surface area contributed by atoms with Crippen molar-refractivity contribution in [2.45, 2.75) is 59.1 Å². The maximum atomic E-state index is 13.0. The first-order valence-corrected chi connectivity index (χ1v) is 12.7. The average molecular weight is 525 g/mol. The Bertz CT molecular complexity index is 1270. The third-order valence-electron chi connectivity index (χ3n) is 5.78. The Balaban J connectivity index is 1.77. The minimum absolute atomic E-state index is 0.0433. The van der Waals surface area contributed by atoms with E-state index in [1.165, 1.54) is 6.92 Å². The lowest BCUT2D eigenvalue weighted by atomic mass is 9.99. The summed E-state index contributed by atoms with van der Waals surface area (Å²) < 4.78 is 5.64. The Kier molecular flexibility index (Phi) is 9.47. The predicted molar refractivity (Wildman–Crippen MR) is 144 cm³/mol. The van der Waals surface area contributed by atoms with E-state index in [2.05, 4.69) is 20.6 Å². The SMILES string of the molecule is CCc1[nH]c(C(C)=O)nc1-c1ccc(C[C@@H](CC(=O)NC)NC(=O)c2ccc(OC(C)C)c(Cl)c2)cc1. The van der Waals surface area contributed by atoms with Crippen molar-refractivity contribution in [3.63, 3.8) is 0 Å². The van der Waals surface area contributed by atoms with Crippen molar-refractivity contribution in [3.05, 3.63) is 70.1 Å². The molecule has 9 heteroatoms. The van der Waals surface area contributed by atoms with E-state index in [1.54, 1.807) is 25.2 Å². The van der Waals surface area contributed by atoms with Crippen LogP contribution in [0.1, 0.15) is 66.4 Å². The molecule has 0 aliphatic carbocycles. The number of carbonyl (C=O) groups excluding carboxylic acids is 3. The number of nitrogens with one attached hydrogen (secondary N) is 3. The van der Waals surface area contributed by atoms with Gasteiger partial charge in [-0.15, -0.1) is 0 Å². The third-order valence-corrected chi connectivity index (χ3v) is 6.07. The number of aryl methyl sites for hydroxylation is 1. The Morgan fingerprint density at radius 1 is 1.11 bits per heavy atom. The number of hydrogen-bond donors (Lipinski definition) is 3. The van der Waals surface area contributed by atoms with E-state index in [9.17, 15) is 14.4 Å². The number of benzene rings is 2. The predicted octanol–water partition coefficient (Wildman–Crippen LogP) is 4.76. The minimum Gasteiger partial charge on any atom is -0.489 e. The van der Waals surface area contributed by atoms with Crippen LogP contribution < -0.4 is 15.4 Å². The molecular weight excluding hydrogens is 492 g/mol. The highest BCUT2D eigenvalue weighted by Gasteiger charge is 2.19. The highest BCUT2D eigenvalue weighted by Crippen LogP contribution is 2.27. The summed E-state index contributed by atoms with van der Waals surface area (Å²) in [4.78, 5) is 44.4. The van der Waals surface area contributed by atoms with E-state index in [4.69, 9.17) is 16.3 Å². The molecule has 0 radical (unpaired) electrons. The molecule has 1 aromatic heterocycles. The number of halogens is 1. The Hall–Kier alpha value is -3.65. The Morgan fingerprint density at radius 2 is 1.81 bits per heavy atom. The fraction of sp³-hybridized carbons (Fsp3) is 0.357. The number of ketones is 1. The zero-order chi connectivity index (χ0) is 27.1. The summed E-state index contributed by atoms with van der Waals surface area (Å²) in [5, 5.41) is 5.92. The molecule has 0 unspecified atom stereocenters. The molecule has 0 spiro atoms. The van der Waals surface area contributed by atoms with Gasteiger partial charge in [-0.3, -0.25) is 14.4 Å². The molecule has 37 heavy (non-hydrogen) atoms. The summed E-state index contributed by atoms with van der Waals surface area (Å²) in [5.41, 5.74) is 3.85. The maximum absolute atomic E-state index is 13.0. The molecule has 8 nitrogen and oxygen atoms in total. The minimum atomic E-state index is -0.440. The smallest absolute Gasteiger partial charge is 0.251 e. The van der Waals surface area contributed by atoms with Crippen molar-refractivity contribution in [1.82, 2.24) is 20.6 Å². The molecule has 2 aromatic carbocycles. The lowest BCUT2D eigenvalue weighted by Crippen LogP contribution is -2.40. The van der Waals surface area contributed by atoms with Crippen LogP contribution in [0.4, 0.5) is 0 Å². The number of nitrogens with zero attached hydrogens (tertiary/aromatic N) is 1. The van der Waals surface area contributed by atoms with Gasteiger partial charge in [-0.2, -0.15) is 0 Å². The van der Waals surface area contributed by atoms with Gasteiger partial charge in [-0.1, -0.05) is 42.8 Å². The number of aromatic amines is 1. The molecule has 0 aliphatic heterocycles. The van der Waals surface area contributed by atoms with Gasteiger partial charge < -0.3 is 20.4 Å². The quantitative estimate of drug-likeness (QED) is 0.313. The van der Waals surface area contributed by atoms with E-state index in [0.717, 1.165) is 22.5 Å². The van der Waals surface area contributed by atoms with Crippen molar-refractivity contribution in [2.24, 2.45) is 0 Å². The van der Waals surface area contributed by atoms with Crippen LogP contribution in [0.2, 0.25) is 5.02 Å². The summed E-state index contributed by atoms with van der Waals surface area (Å²) >= 11 is 6.30. The zero-order valence-corrected chi connectivity index (χ0v) is 22.5. The molecule has 1 heterocycles. The van der Waals surface area contributed by atoms with Crippen molar-refractivity contribution in [2.75, 3.05) is 7.05 Å². The largest absolute Gasteiger partial charge is 0.489 e. The number of carbonyl (C=O) groups is 3. The second-order valence-electron chi connectivity index (χ2n) is 9.08. The lowest BCUT2D eigenvalue weighted by molar-refractivity contribution is -0.121. The van der Waals surface area contributed by atoms with Gasteiger partial charge >= 0.3 is 0 Å². The second-order valence-corrected chi connectivity index (χ2v) is 9.49. The zero-order valence-electron chi connectivity index (χ0n) is 21.8. The topological polar surface area (TPSA) is 113 Å². The first-order valence-electron chi connectivity index (χ1n) is 12.3. The molecule has 3 aromatic rings. The van der Waals surface area contributed by atoms with Crippen LogP contribution in [0.25, 0.3) is 11.3 Å². The van der Waals surface area contributed by atoms with Gasteiger partial charge in [0.05, 0.1) is 16.8 Å². The lowest BCUT2D eigenvalue weighted by Gasteiger charge is -2.19. The monoisotopic (exact) mass is 524 g/mol. The Morgan fingerprint density at radius 3 is 2.38 bits per heavy atom. The van der Waals surface area contributed by atoms with E-state index in [0.29, 0.717) is 35.0 Å². The fourth-order valence-corrected chi connectivity index (χ4v) is 4.14. The van der Waals surface area contributed by atoms with E-state index >= 15 is 0 Å². The normalized spacial score (nSPS) is 11.8. The van der Waals surface area contributed by atoms with Crippen molar-refractivity contribution < 1.29 is 19.1 Å². The van der Waals surface area contributed by atoms with Crippen LogP contribution in [0.15, 0.2) is 42.5 Å². The summed E-state index contributed by atoms with van der Waals surface area (Å²) in [6.07, 6.45) is 1.24. The van der Waals surface area contributed by atoms with E-state index in [-0.39, 0.29) is 30.1 Å². The van der Waals surface area contributed by atoms with Crippen LogP contribution in [0.3, 0.4) is 0 Å². The van der Waals surface area contributed by atoms with Crippen LogP contribution in [-0.2, 0) is 17.6 Å². The van der Waals surface area contributed by atoms with Crippen molar-refractivity contribution in [1.29, 1.82) is 0 Å². The molecule has 3 N–H and O–H groups in total. The highest BCUT2D eigenvalue weighted by atomic mass is 35.5. The molecule has 1 atom stereocenters. The molecule has 196 valence electrons. The second kappa shape index (κ2) is 12.5. The highest BCUT2D eigenvalue weighted by molar-refractivity contribution is 6.32. The number of ether oxygens (including phenoxy) is 1. The van der Waals surface area contributed by atoms with Crippen molar-refractivity contribution >= 4 is 29.2 Å². The van der Waals surface area contributed by atoms with Crippen LogP contribution in [0, 0.1) is 0 Å². The Labute approximate surface area is 222 Å². The van der Waals surface area contributed by atoms with Gasteiger partial charge in [0.2, 0.25) is 5.91 Å². The number of rotatable bonds is 11. The maximum Gasteiger partial charge on any atom is 0.251 e. The summed E-state index contributed by atoms with van der Waals surface area (Å²) in [7, 11) is 1.56. The molecule has 0 saturated heterocycles. The van der Waals surface area contributed by atoms with E-state index < -0.39 is 6.04 Å². The molecule has 0 bridgehead atoms. The first-order chi connectivity index (χ1) is 17.6. The molecule has 3 rings (SSSR count). The van der Waals surface area contributed by atoms with Gasteiger partial charge in [0.1, 0.15) is 5.75 Å². The van der Waals surface area contributed by atoms with E-state index in [1.807, 2.05) is 45.0 Å². The summed E-state index contributed by atoms with van der Waals surface area (Å²) in [6.45, 7) is 7.27. The van der Waals surface area contributed by atoms with Crippen molar-refractivity contribution in [3.8, 4) is 17.0 Å². The molecule has 0 saturated carbocycles. The summed E-state index contributed by atoms with van der Waals surface area (Å²) in [5.74, 6) is 0.224. The standard InChI is InChI=1S/C28H33ClN4O4/c1-6-23-26(33-27(32-23)17(4)34)19-9-7-18(8-10-19)13-21(15-25(35)30-5)31-28(36)20-11-12-24(22(29)14-20)37-16(2)3/h7-12,14,16,21H,6,13,15H2,1-5H3,(H,30,35)(H,31,36)(H,32,33)/t21-/m0/s1. The summed E-state index contributed by atoms with van der Waals surface area (Å²) in [6, 6.07) is 12.2. The van der Waals surface area contributed by atoms with Gasteiger partial charge in [0.15, 0.2) is 11.6 Å². The third kappa shape index (κ3) is 7.43. The number of H-pyrrole nitrogens is 1. The van der Waals surface area contributed by atoms with Crippen LogP contribution in [0.5, 0.6) is 5.75 Å². The number of imidazole rings is 1. The average Bonchev–Trinajstić information content (AvgIpc) is 3.30. The molecule has 0 aliphatic rings. The van der Waals surface area contributed by atoms with Gasteiger partial charge in [0, 0.05) is 43.3 Å². The molecule has 0 fully saturated rings. The molecule has 2 amide bonds. The number of aromatic nitrogens is 2. The van der Waals surface area contributed by atoms with Crippen LogP contribution >= 0.6 is 11.6 Å². The van der Waals surface area contributed by atoms with Gasteiger partial charge in [-0.25, -0.2) is 4.98 Å².